The van der Waals surface area contributed by atoms with Crippen molar-refractivity contribution in [3.8, 4) is 0 Å². The number of amides is 1. The molecule has 0 saturated carbocycles. The third-order valence-electron chi connectivity index (χ3n) is 5.96. The largest absolute Gasteiger partial charge is 0.290 e. The predicted molar refractivity (Wildman–Crippen MR) is 128 cm³/mol. The second kappa shape index (κ2) is 10.1. The highest BCUT2D eigenvalue weighted by Gasteiger charge is 2.31. The molecule has 1 heterocycles. The molecular formula is C26H28ClN3O. The van der Waals surface area contributed by atoms with E-state index in [9.17, 15) is 4.79 Å². The van der Waals surface area contributed by atoms with Crippen molar-refractivity contribution < 1.29 is 4.79 Å². The zero-order chi connectivity index (χ0) is 21.6. The Labute approximate surface area is 188 Å². The number of carbonyl (C=O) groups is 1. The molecule has 2 N–H and O–H groups in total. The topological polar surface area (TPSA) is 44.4 Å². The van der Waals surface area contributed by atoms with Crippen molar-refractivity contribution in [2.24, 2.45) is 0 Å². The van der Waals surface area contributed by atoms with Crippen molar-refractivity contribution in [3.63, 3.8) is 0 Å². The molecule has 0 aliphatic carbocycles. The van der Waals surface area contributed by atoms with Crippen molar-refractivity contribution in [2.45, 2.75) is 37.9 Å². The Balaban J connectivity index is 1.42. The molecule has 3 aromatic rings. The number of rotatable bonds is 8. The van der Waals surface area contributed by atoms with E-state index in [1.807, 2.05) is 30.3 Å². The van der Waals surface area contributed by atoms with Gasteiger partial charge in [0.2, 0.25) is 0 Å². The van der Waals surface area contributed by atoms with Crippen LogP contribution in [-0.4, -0.2) is 23.4 Å². The first-order chi connectivity index (χ1) is 15.2. The Morgan fingerprint density at radius 3 is 2.71 bits per heavy atom. The van der Waals surface area contributed by atoms with Crippen molar-refractivity contribution in [1.82, 2.24) is 15.8 Å². The predicted octanol–water partition coefficient (Wildman–Crippen LogP) is 5.40. The second-order valence-corrected chi connectivity index (χ2v) is 8.47. The summed E-state index contributed by atoms with van der Waals surface area (Å²) in [6, 6.07) is 22.3. The molecule has 0 unspecified atom stereocenters. The van der Waals surface area contributed by atoms with Crippen LogP contribution in [0.25, 0.3) is 10.8 Å². The van der Waals surface area contributed by atoms with Gasteiger partial charge in [0, 0.05) is 11.6 Å². The first kappa shape index (κ1) is 21.6. The normalized spacial score (nSPS) is 17.5. The van der Waals surface area contributed by atoms with Crippen molar-refractivity contribution in [2.75, 3.05) is 6.54 Å². The number of benzene rings is 3. The van der Waals surface area contributed by atoms with Crippen LogP contribution >= 0.6 is 11.6 Å². The Morgan fingerprint density at radius 1 is 1.13 bits per heavy atom. The molecule has 1 aliphatic rings. The molecule has 4 rings (SSSR count). The van der Waals surface area contributed by atoms with Gasteiger partial charge in [0.15, 0.2) is 0 Å². The molecule has 31 heavy (non-hydrogen) atoms. The molecule has 0 bridgehead atoms. The third-order valence-corrected chi connectivity index (χ3v) is 6.22. The van der Waals surface area contributed by atoms with E-state index in [2.05, 4.69) is 64.8 Å². The number of hydrogen-bond donors (Lipinski definition) is 2. The molecule has 1 aliphatic heterocycles. The number of nitrogens with zero attached hydrogens (tertiary/aromatic N) is 1. The van der Waals surface area contributed by atoms with Gasteiger partial charge in [0.1, 0.15) is 0 Å². The maximum Gasteiger partial charge on any atom is 0.251 e. The minimum Gasteiger partial charge on any atom is -0.290 e. The van der Waals surface area contributed by atoms with Crippen LogP contribution in [0.3, 0.4) is 0 Å². The first-order valence-corrected chi connectivity index (χ1v) is 11.2. The highest BCUT2D eigenvalue weighted by atomic mass is 35.5. The highest BCUT2D eigenvalue weighted by molar-refractivity contribution is 6.30. The maximum atomic E-state index is 13.0. The van der Waals surface area contributed by atoms with E-state index in [0.29, 0.717) is 11.4 Å². The average molecular weight is 434 g/mol. The number of hydrazine groups is 1. The molecular weight excluding hydrogens is 406 g/mol. The number of likely N-dealkylation sites (tertiary alicyclic amines) is 1. The van der Waals surface area contributed by atoms with Crippen LogP contribution in [0.2, 0.25) is 5.02 Å². The van der Waals surface area contributed by atoms with Crippen LogP contribution in [-0.2, 0) is 11.3 Å². The van der Waals surface area contributed by atoms with Gasteiger partial charge in [0.25, 0.3) is 5.91 Å². The van der Waals surface area contributed by atoms with E-state index in [-0.39, 0.29) is 18.0 Å². The lowest BCUT2D eigenvalue weighted by atomic mass is 10.0. The number of fused-ring (bicyclic) bond motifs is 1. The Bertz CT molecular complexity index is 1040. The highest BCUT2D eigenvalue weighted by Crippen LogP contribution is 2.25. The minimum absolute atomic E-state index is 0.0146. The van der Waals surface area contributed by atoms with E-state index in [1.165, 1.54) is 16.3 Å². The zero-order valence-corrected chi connectivity index (χ0v) is 18.3. The molecule has 1 saturated heterocycles. The van der Waals surface area contributed by atoms with Crippen LogP contribution in [0.4, 0.5) is 0 Å². The summed E-state index contributed by atoms with van der Waals surface area (Å²) in [7, 11) is 0. The Hall–Kier alpha value is -2.66. The molecule has 0 aromatic heterocycles. The van der Waals surface area contributed by atoms with Crippen LogP contribution in [0.5, 0.6) is 0 Å². The van der Waals surface area contributed by atoms with Gasteiger partial charge >= 0.3 is 0 Å². The minimum atomic E-state index is -0.138. The van der Waals surface area contributed by atoms with Crippen LogP contribution in [0.15, 0.2) is 79.4 Å². The summed E-state index contributed by atoms with van der Waals surface area (Å²) in [4.78, 5) is 15.3. The fourth-order valence-electron chi connectivity index (χ4n) is 4.34. The monoisotopic (exact) mass is 433 g/mol. The summed E-state index contributed by atoms with van der Waals surface area (Å²) in [6.07, 6.45) is 4.44. The molecule has 4 nitrogen and oxygen atoms in total. The smallest absolute Gasteiger partial charge is 0.251 e. The molecule has 2 atom stereocenters. The van der Waals surface area contributed by atoms with E-state index < -0.39 is 0 Å². The molecule has 5 heteroatoms. The van der Waals surface area contributed by atoms with Crippen molar-refractivity contribution in [3.05, 3.63) is 95.5 Å². The molecule has 160 valence electrons. The molecule has 1 fully saturated rings. The first-order valence-electron chi connectivity index (χ1n) is 10.8. The summed E-state index contributed by atoms with van der Waals surface area (Å²) in [5, 5.41) is 3.18. The lowest BCUT2D eigenvalue weighted by Gasteiger charge is -2.26. The van der Waals surface area contributed by atoms with Gasteiger partial charge in [-0.25, -0.2) is 5.43 Å². The van der Waals surface area contributed by atoms with Gasteiger partial charge in [-0.15, -0.1) is 6.58 Å². The van der Waals surface area contributed by atoms with Gasteiger partial charge < -0.3 is 0 Å². The fourth-order valence-corrected chi connectivity index (χ4v) is 4.47. The Morgan fingerprint density at radius 2 is 1.90 bits per heavy atom. The van der Waals surface area contributed by atoms with Gasteiger partial charge in [-0.2, -0.15) is 0 Å². The molecule has 1 amide bonds. The van der Waals surface area contributed by atoms with Gasteiger partial charge in [-0.05, 0) is 59.8 Å². The van der Waals surface area contributed by atoms with Crippen molar-refractivity contribution >= 4 is 28.3 Å². The Kier molecular flexibility index (Phi) is 7.03. The lowest BCUT2D eigenvalue weighted by molar-refractivity contribution is -0.126. The standard InChI is InChI=1S/C26H28ClN3O/c1-2-7-24(20-13-15-22(27)16-14-20)28-29-26(31)25-12-6-17-30(25)18-21-10-5-9-19-8-3-4-11-23(19)21/h2-5,8-11,13-16,24-25,28H,1,6-7,12,17-18H2,(H,29,31)/t24-,25-/m0/s1. The van der Waals surface area contributed by atoms with Gasteiger partial charge in [-0.1, -0.05) is 72.3 Å². The SMILES string of the molecule is C=CC[C@H](NNC(=O)[C@@H]1CCCN1Cc1cccc2ccccc12)c1ccc(Cl)cc1. The summed E-state index contributed by atoms with van der Waals surface area (Å²) in [5.41, 5.74) is 8.49. The number of nitrogens with one attached hydrogen (secondary N) is 2. The summed E-state index contributed by atoms with van der Waals surface area (Å²) in [5.74, 6) is 0.0146. The molecule has 0 radical (unpaired) electrons. The van der Waals surface area contributed by atoms with Gasteiger partial charge in [0.05, 0.1) is 12.1 Å². The average Bonchev–Trinajstić information content (AvgIpc) is 3.26. The summed E-state index contributed by atoms with van der Waals surface area (Å²) >= 11 is 6.01. The van der Waals surface area contributed by atoms with Crippen molar-refractivity contribution in [1.29, 1.82) is 0 Å². The van der Waals surface area contributed by atoms with E-state index in [1.54, 1.807) is 0 Å². The molecule has 3 aromatic carbocycles. The number of hydrogen-bond acceptors (Lipinski definition) is 3. The van der Waals surface area contributed by atoms with Gasteiger partial charge in [-0.3, -0.25) is 15.1 Å². The zero-order valence-electron chi connectivity index (χ0n) is 17.6. The van der Waals surface area contributed by atoms with Crippen LogP contribution in [0.1, 0.15) is 36.4 Å². The van der Waals surface area contributed by atoms with E-state index in [0.717, 1.165) is 31.5 Å². The summed E-state index contributed by atoms with van der Waals surface area (Å²) < 4.78 is 0. The van der Waals surface area contributed by atoms with E-state index >= 15 is 0 Å². The second-order valence-electron chi connectivity index (χ2n) is 8.03. The number of carbonyl (C=O) groups excluding carboxylic acids is 1. The summed E-state index contributed by atoms with van der Waals surface area (Å²) in [6.45, 7) is 5.54. The maximum absolute atomic E-state index is 13.0. The number of halogens is 1. The van der Waals surface area contributed by atoms with Crippen LogP contribution in [0, 0.1) is 0 Å². The lowest BCUT2D eigenvalue weighted by Crippen LogP contribution is -2.49. The van der Waals surface area contributed by atoms with E-state index in [4.69, 9.17) is 11.6 Å². The molecule has 0 spiro atoms. The third kappa shape index (κ3) is 5.16. The quantitative estimate of drug-likeness (QED) is 0.369. The van der Waals surface area contributed by atoms with Crippen LogP contribution < -0.4 is 10.9 Å². The fraction of sp³-hybridized carbons (Fsp3) is 0.269.